The van der Waals surface area contributed by atoms with Gasteiger partial charge in [0.15, 0.2) is 9.84 Å². The lowest BCUT2D eigenvalue weighted by Gasteiger charge is -2.26. The fourth-order valence-corrected chi connectivity index (χ4v) is 5.90. The lowest BCUT2D eigenvalue weighted by Crippen LogP contribution is -2.33. The molecule has 232 valence electrons. The summed E-state index contributed by atoms with van der Waals surface area (Å²) >= 11 is 0. The van der Waals surface area contributed by atoms with E-state index in [0.29, 0.717) is 51.3 Å². The first kappa shape index (κ1) is 31.3. The highest BCUT2D eigenvalue weighted by Crippen LogP contribution is 2.42. The van der Waals surface area contributed by atoms with Crippen molar-refractivity contribution in [3.63, 3.8) is 0 Å². The average molecular weight is 628 g/mol. The van der Waals surface area contributed by atoms with Crippen molar-refractivity contribution >= 4 is 26.6 Å². The molecule has 0 radical (unpaired) electrons. The van der Waals surface area contributed by atoms with Crippen molar-refractivity contribution in [2.45, 2.75) is 37.3 Å². The lowest BCUT2D eigenvalue weighted by molar-refractivity contribution is -0.189. The molecule has 0 spiro atoms. The zero-order valence-electron chi connectivity index (χ0n) is 24.3. The van der Waals surface area contributed by atoms with Crippen molar-refractivity contribution < 1.29 is 40.6 Å². The number of carbonyl (C=O) groups is 1. The largest absolute Gasteiger partial charge is 0.492 e. The summed E-state index contributed by atoms with van der Waals surface area (Å²) in [5, 5.41) is 1.02. The first-order valence-corrected chi connectivity index (χ1v) is 16.1. The second-order valence-electron chi connectivity index (χ2n) is 10.8. The van der Waals surface area contributed by atoms with Crippen molar-refractivity contribution in [1.29, 1.82) is 0 Å². The minimum Gasteiger partial charge on any atom is -0.492 e. The molecule has 11 heteroatoms. The van der Waals surface area contributed by atoms with Crippen LogP contribution in [0.25, 0.3) is 21.9 Å². The van der Waals surface area contributed by atoms with E-state index in [9.17, 15) is 26.4 Å². The van der Waals surface area contributed by atoms with Crippen LogP contribution in [0.3, 0.4) is 0 Å². The first-order valence-electron chi connectivity index (χ1n) is 14.2. The van der Waals surface area contributed by atoms with Gasteiger partial charge in [-0.05, 0) is 110 Å². The van der Waals surface area contributed by atoms with Crippen LogP contribution in [-0.4, -0.2) is 58.0 Å². The number of rotatable bonds is 9. The van der Waals surface area contributed by atoms with E-state index in [1.807, 2.05) is 0 Å². The molecule has 4 aromatic carbocycles. The molecule has 1 aliphatic rings. The lowest BCUT2D eigenvalue weighted by atomic mass is 9.96. The molecule has 1 saturated heterocycles. The first-order chi connectivity index (χ1) is 20.9. The zero-order valence-corrected chi connectivity index (χ0v) is 25.1. The number of fused-ring (bicyclic) bond motifs is 1. The highest BCUT2D eigenvalue weighted by molar-refractivity contribution is 7.90. The van der Waals surface area contributed by atoms with Crippen LogP contribution in [0.2, 0.25) is 0 Å². The molecule has 5 rings (SSSR count). The summed E-state index contributed by atoms with van der Waals surface area (Å²) in [7, 11) is -3.43. The number of ether oxygens (including phenoxy) is 3. The molecule has 0 amide bonds. The van der Waals surface area contributed by atoms with Crippen molar-refractivity contribution in [3.05, 3.63) is 78.4 Å². The number of sulfone groups is 1. The van der Waals surface area contributed by atoms with Crippen LogP contribution in [0.5, 0.6) is 23.0 Å². The van der Waals surface area contributed by atoms with Gasteiger partial charge in [-0.3, -0.25) is 4.90 Å². The van der Waals surface area contributed by atoms with Crippen molar-refractivity contribution in [2.24, 2.45) is 0 Å². The summed E-state index contributed by atoms with van der Waals surface area (Å²) in [6, 6.07) is 19.4. The molecular weight excluding hydrogens is 595 g/mol. The number of aryl methyl sites for hydroxylation is 1. The predicted octanol–water partition coefficient (Wildman–Crippen LogP) is 7.34. The van der Waals surface area contributed by atoms with E-state index in [2.05, 4.69) is 9.64 Å². The highest BCUT2D eigenvalue weighted by atomic mass is 32.2. The third-order valence-corrected chi connectivity index (χ3v) is 8.58. The number of nitrogens with zero attached hydrogens (tertiary/aromatic N) is 1. The Morgan fingerprint density at radius 3 is 2.16 bits per heavy atom. The number of hydrogen-bond acceptors (Lipinski definition) is 7. The van der Waals surface area contributed by atoms with E-state index in [1.54, 1.807) is 55.5 Å². The summed E-state index contributed by atoms with van der Waals surface area (Å²) in [4.78, 5) is 14.0. The molecule has 0 N–H and O–H groups in total. The van der Waals surface area contributed by atoms with E-state index in [1.165, 1.54) is 43.5 Å². The van der Waals surface area contributed by atoms with Crippen LogP contribution >= 0.6 is 0 Å². The molecule has 1 heterocycles. The Kier molecular flexibility index (Phi) is 9.17. The van der Waals surface area contributed by atoms with Gasteiger partial charge < -0.3 is 14.2 Å². The number of benzene rings is 4. The average Bonchev–Trinajstić information content (AvgIpc) is 2.98. The fourth-order valence-electron chi connectivity index (χ4n) is 5.20. The number of carbonyl (C=O) groups excluding carboxylic acids is 1. The molecule has 44 heavy (non-hydrogen) atoms. The molecule has 1 fully saturated rings. The quantitative estimate of drug-likeness (QED) is 0.142. The Balaban J connectivity index is 1.46. The number of likely N-dealkylation sites (tertiary alicyclic amines) is 1. The maximum atomic E-state index is 12.8. The predicted molar refractivity (Wildman–Crippen MR) is 161 cm³/mol. The van der Waals surface area contributed by atoms with E-state index in [0.717, 1.165) is 25.9 Å². The van der Waals surface area contributed by atoms with Gasteiger partial charge in [-0.2, -0.15) is 13.2 Å². The summed E-state index contributed by atoms with van der Waals surface area (Å²) in [5.74, 6) is -1.01. The second-order valence-corrected chi connectivity index (χ2v) is 12.8. The zero-order chi connectivity index (χ0) is 31.5. The van der Waals surface area contributed by atoms with E-state index in [-0.39, 0.29) is 10.6 Å². The monoisotopic (exact) mass is 627 g/mol. The van der Waals surface area contributed by atoms with Gasteiger partial charge >= 0.3 is 12.1 Å². The van der Waals surface area contributed by atoms with Crippen molar-refractivity contribution in [1.82, 2.24) is 4.90 Å². The molecule has 0 atom stereocenters. The maximum Gasteiger partial charge on any atom is 0.491 e. The van der Waals surface area contributed by atoms with Crippen LogP contribution in [0.4, 0.5) is 13.2 Å². The Bertz CT molecular complexity index is 1770. The van der Waals surface area contributed by atoms with Crippen LogP contribution in [-0.2, 0) is 14.6 Å². The van der Waals surface area contributed by atoms with Gasteiger partial charge in [0, 0.05) is 23.8 Å². The molecule has 0 aliphatic carbocycles. The Hall–Kier alpha value is -4.09. The van der Waals surface area contributed by atoms with E-state index in [4.69, 9.17) is 9.47 Å². The Morgan fingerprint density at radius 2 is 1.50 bits per heavy atom. The standard InChI is InChI=1S/C33H32F3NO6S/c1-22-20-27(44(2,39)40)12-15-28(22)30-13-6-23-21-26(43-32(38)33(34,35)36)11-14-29(23)31(30)42-25-9-7-24(8-10-25)41-19-18-37-16-4-3-5-17-37/h6-15,20-21H,3-5,16-19H2,1-2H3. The molecule has 0 saturated carbocycles. The van der Waals surface area contributed by atoms with Crippen LogP contribution < -0.4 is 14.2 Å². The highest BCUT2D eigenvalue weighted by Gasteiger charge is 2.41. The number of hydrogen-bond donors (Lipinski definition) is 0. The Labute approximate surface area is 254 Å². The summed E-state index contributed by atoms with van der Waals surface area (Å²) in [5.41, 5.74) is 2.03. The van der Waals surface area contributed by atoms with Gasteiger partial charge in [0.1, 0.15) is 29.6 Å². The van der Waals surface area contributed by atoms with E-state index < -0.39 is 22.0 Å². The van der Waals surface area contributed by atoms with Gasteiger partial charge in [-0.15, -0.1) is 0 Å². The minimum absolute atomic E-state index is 0.175. The van der Waals surface area contributed by atoms with Crippen LogP contribution in [0.15, 0.2) is 77.7 Å². The molecule has 0 bridgehead atoms. The van der Waals surface area contributed by atoms with Crippen LogP contribution in [0.1, 0.15) is 24.8 Å². The smallest absolute Gasteiger partial charge is 0.491 e. The van der Waals surface area contributed by atoms with Crippen LogP contribution in [0, 0.1) is 6.92 Å². The number of esters is 1. The number of alkyl halides is 3. The molecule has 4 aromatic rings. The van der Waals surface area contributed by atoms with Crippen molar-refractivity contribution in [3.8, 4) is 34.1 Å². The van der Waals surface area contributed by atoms with Gasteiger partial charge in [-0.1, -0.05) is 18.6 Å². The normalized spacial score (nSPS) is 14.4. The number of piperidine rings is 1. The summed E-state index contributed by atoms with van der Waals surface area (Å²) < 4.78 is 79.4. The van der Waals surface area contributed by atoms with Gasteiger partial charge in [0.25, 0.3) is 0 Å². The SMILES string of the molecule is Cc1cc(S(C)(=O)=O)ccc1-c1ccc2cc(OC(=O)C(F)(F)F)ccc2c1Oc1ccc(OCCN2CCCCC2)cc1. The second kappa shape index (κ2) is 12.9. The van der Waals surface area contributed by atoms with Crippen molar-refractivity contribution in [2.75, 3.05) is 32.5 Å². The molecular formula is C33H32F3NO6S. The summed E-state index contributed by atoms with van der Waals surface area (Å²) in [6.07, 6.45) is -0.301. The number of halogens is 3. The van der Waals surface area contributed by atoms with Gasteiger partial charge in [0.2, 0.25) is 0 Å². The topological polar surface area (TPSA) is 82.1 Å². The fraction of sp³-hybridized carbons (Fsp3) is 0.303. The minimum atomic E-state index is -5.13. The van der Waals surface area contributed by atoms with Gasteiger partial charge in [-0.25, -0.2) is 13.2 Å². The van der Waals surface area contributed by atoms with Gasteiger partial charge in [0.05, 0.1) is 4.90 Å². The Morgan fingerprint density at radius 1 is 0.841 bits per heavy atom. The maximum absolute atomic E-state index is 12.8. The van der Waals surface area contributed by atoms with E-state index >= 15 is 0 Å². The third-order valence-electron chi connectivity index (χ3n) is 7.47. The molecule has 0 aromatic heterocycles. The molecule has 0 unspecified atom stereocenters. The molecule has 7 nitrogen and oxygen atoms in total. The third kappa shape index (κ3) is 7.51. The summed E-state index contributed by atoms with van der Waals surface area (Å²) in [6.45, 7) is 5.39. The molecule has 1 aliphatic heterocycles.